The van der Waals surface area contributed by atoms with Crippen molar-refractivity contribution in [1.29, 1.82) is 0 Å². The van der Waals surface area contributed by atoms with Gasteiger partial charge < -0.3 is 25.0 Å². The van der Waals surface area contributed by atoms with Crippen LogP contribution in [-0.4, -0.2) is 49.6 Å². The summed E-state index contributed by atoms with van der Waals surface area (Å²) in [7, 11) is 3.07. The van der Waals surface area contributed by atoms with E-state index in [-0.39, 0.29) is 25.5 Å². The van der Waals surface area contributed by atoms with Crippen LogP contribution in [0.15, 0.2) is 18.2 Å². The van der Waals surface area contributed by atoms with Crippen molar-refractivity contribution in [3.63, 3.8) is 0 Å². The second-order valence-corrected chi connectivity index (χ2v) is 4.01. The van der Waals surface area contributed by atoms with E-state index < -0.39 is 6.10 Å². The summed E-state index contributed by atoms with van der Waals surface area (Å²) < 4.78 is 10.2. The third kappa shape index (κ3) is 4.76. The topological polar surface area (TPSA) is 88.0 Å². The van der Waals surface area contributed by atoms with Gasteiger partial charge in [0.2, 0.25) is 5.91 Å². The molecule has 0 bridgehead atoms. The Balaban J connectivity index is 2.59. The highest BCUT2D eigenvalue weighted by molar-refractivity contribution is 5.78. The number of rotatable bonds is 7. The average Bonchev–Trinajstić information content (AvgIpc) is 2.44. The van der Waals surface area contributed by atoms with Crippen LogP contribution < -0.4 is 14.8 Å². The number of nitrogens with one attached hydrogen (secondary N) is 1. The van der Waals surface area contributed by atoms with Crippen molar-refractivity contribution in [3.05, 3.63) is 23.8 Å². The zero-order valence-corrected chi connectivity index (χ0v) is 11.0. The van der Waals surface area contributed by atoms with Gasteiger partial charge in [0.15, 0.2) is 11.5 Å². The van der Waals surface area contributed by atoms with Gasteiger partial charge in [-0.15, -0.1) is 0 Å². The first kappa shape index (κ1) is 15.3. The summed E-state index contributed by atoms with van der Waals surface area (Å²) in [5.74, 6) is 0.922. The van der Waals surface area contributed by atoms with Crippen LogP contribution in [0.4, 0.5) is 0 Å². The first-order valence-corrected chi connectivity index (χ1v) is 5.87. The van der Waals surface area contributed by atoms with Crippen LogP contribution in [0.3, 0.4) is 0 Å². The normalized spacial score (nSPS) is 11.8. The molecule has 0 saturated heterocycles. The predicted octanol–water partition coefficient (Wildman–Crippen LogP) is -0.284. The van der Waals surface area contributed by atoms with E-state index in [1.54, 1.807) is 25.3 Å². The number of benzene rings is 1. The zero-order valence-electron chi connectivity index (χ0n) is 11.0. The van der Waals surface area contributed by atoms with E-state index in [1.165, 1.54) is 7.11 Å². The largest absolute Gasteiger partial charge is 0.493 e. The first-order valence-electron chi connectivity index (χ1n) is 5.87. The van der Waals surface area contributed by atoms with E-state index in [4.69, 9.17) is 19.7 Å². The number of amides is 1. The van der Waals surface area contributed by atoms with Gasteiger partial charge >= 0.3 is 0 Å². The summed E-state index contributed by atoms with van der Waals surface area (Å²) in [6.45, 7) is -0.348. The van der Waals surface area contributed by atoms with Crippen LogP contribution in [0.5, 0.6) is 11.5 Å². The standard InChI is InChI=1S/C13H19NO5/c1-18-11-4-3-9(5-12(11)19-2)6-13(17)14-7-10(16)8-15/h3-5,10,15-16H,6-8H2,1-2H3,(H,14,17). The van der Waals surface area contributed by atoms with Crippen molar-refractivity contribution in [2.45, 2.75) is 12.5 Å². The fourth-order valence-electron chi connectivity index (χ4n) is 1.53. The molecule has 1 rings (SSSR count). The Bertz CT molecular complexity index is 421. The molecule has 0 aliphatic heterocycles. The lowest BCUT2D eigenvalue weighted by molar-refractivity contribution is -0.121. The van der Waals surface area contributed by atoms with Crippen molar-refractivity contribution < 1.29 is 24.5 Å². The van der Waals surface area contributed by atoms with E-state index in [1.807, 2.05) is 0 Å². The maximum atomic E-state index is 11.6. The number of aliphatic hydroxyl groups excluding tert-OH is 2. The third-order valence-electron chi connectivity index (χ3n) is 2.56. The molecule has 106 valence electrons. The molecule has 1 unspecified atom stereocenters. The lowest BCUT2D eigenvalue weighted by atomic mass is 10.1. The van der Waals surface area contributed by atoms with Crippen LogP contribution >= 0.6 is 0 Å². The number of hydrogen-bond acceptors (Lipinski definition) is 5. The molecule has 0 aliphatic rings. The maximum absolute atomic E-state index is 11.6. The Morgan fingerprint density at radius 2 is 2.00 bits per heavy atom. The fourth-order valence-corrected chi connectivity index (χ4v) is 1.53. The lowest BCUT2D eigenvalue weighted by Crippen LogP contribution is -2.34. The summed E-state index contributed by atoms with van der Waals surface area (Å²) in [4.78, 5) is 11.6. The van der Waals surface area contributed by atoms with Crippen LogP contribution in [0, 0.1) is 0 Å². The monoisotopic (exact) mass is 269 g/mol. The second kappa shape index (κ2) is 7.60. The van der Waals surface area contributed by atoms with Crippen molar-refractivity contribution in [3.8, 4) is 11.5 Å². The average molecular weight is 269 g/mol. The minimum absolute atomic E-state index is 0.0304. The maximum Gasteiger partial charge on any atom is 0.224 e. The minimum Gasteiger partial charge on any atom is -0.493 e. The highest BCUT2D eigenvalue weighted by atomic mass is 16.5. The molecule has 0 spiro atoms. The number of hydrogen-bond donors (Lipinski definition) is 3. The van der Waals surface area contributed by atoms with Crippen LogP contribution in [0.2, 0.25) is 0 Å². The van der Waals surface area contributed by atoms with Crippen molar-refractivity contribution in [1.82, 2.24) is 5.32 Å². The van der Waals surface area contributed by atoms with E-state index >= 15 is 0 Å². The number of methoxy groups -OCH3 is 2. The fraction of sp³-hybridized carbons (Fsp3) is 0.462. The molecular weight excluding hydrogens is 250 g/mol. The zero-order chi connectivity index (χ0) is 14.3. The Hall–Kier alpha value is -1.79. The molecule has 1 atom stereocenters. The smallest absolute Gasteiger partial charge is 0.224 e. The molecule has 0 fully saturated rings. The van der Waals surface area contributed by atoms with Gasteiger partial charge in [0, 0.05) is 6.54 Å². The second-order valence-electron chi connectivity index (χ2n) is 4.01. The molecule has 0 radical (unpaired) electrons. The molecule has 0 aliphatic carbocycles. The summed E-state index contributed by atoms with van der Waals surface area (Å²) in [6, 6.07) is 5.22. The molecule has 19 heavy (non-hydrogen) atoms. The summed E-state index contributed by atoms with van der Waals surface area (Å²) in [5, 5.41) is 20.3. The van der Waals surface area contributed by atoms with E-state index in [0.29, 0.717) is 11.5 Å². The summed E-state index contributed by atoms with van der Waals surface area (Å²) in [6.07, 6.45) is -0.771. The Labute approximate surface area is 112 Å². The van der Waals surface area contributed by atoms with E-state index in [9.17, 15) is 4.79 Å². The van der Waals surface area contributed by atoms with Gasteiger partial charge in [0.05, 0.1) is 33.4 Å². The number of aliphatic hydroxyl groups is 2. The van der Waals surface area contributed by atoms with E-state index in [0.717, 1.165) is 5.56 Å². The highest BCUT2D eigenvalue weighted by Crippen LogP contribution is 2.27. The SMILES string of the molecule is COc1ccc(CC(=O)NCC(O)CO)cc1OC. The Morgan fingerprint density at radius 3 is 2.58 bits per heavy atom. The van der Waals surface area contributed by atoms with Crippen molar-refractivity contribution in [2.75, 3.05) is 27.4 Å². The van der Waals surface area contributed by atoms with Gasteiger partial charge in [-0.1, -0.05) is 6.07 Å². The lowest BCUT2D eigenvalue weighted by Gasteiger charge is -2.11. The third-order valence-corrected chi connectivity index (χ3v) is 2.56. The molecule has 6 heteroatoms. The van der Waals surface area contributed by atoms with Crippen LogP contribution in [0.25, 0.3) is 0 Å². The molecule has 1 amide bonds. The van der Waals surface area contributed by atoms with Crippen molar-refractivity contribution >= 4 is 5.91 Å². The van der Waals surface area contributed by atoms with Gasteiger partial charge in [-0.05, 0) is 17.7 Å². The van der Waals surface area contributed by atoms with Gasteiger partial charge in [-0.2, -0.15) is 0 Å². The van der Waals surface area contributed by atoms with Crippen molar-refractivity contribution in [2.24, 2.45) is 0 Å². The molecule has 3 N–H and O–H groups in total. The van der Waals surface area contributed by atoms with Gasteiger partial charge in [0.1, 0.15) is 0 Å². The molecule has 0 heterocycles. The molecule has 0 aromatic heterocycles. The molecule has 1 aromatic carbocycles. The summed E-state index contributed by atoms with van der Waals surface area (Å²) >= 11 is 0. The molecular formula is C13H19NO5. The highest BCUT2D eigenvalue weighted by Gasteiger charge is 2.09. The Kier molecular flexibility index (Phi) is 6.11. The van der Waals surface area contributed by atoms with E-state index in [2.05, 4.69) is 5.32 Å². The summed E-state index contributed by atoms with van der Waals surface area (Å²) in [5.41, 5.74) is 0.772. The minimum atomic E-state index is -0.936. The van der Waals surface area contributed by atoms with Gasteiger partial charge in [-0.3, -0.25) is 4.79 Å². The molecule has 0 saturated carbocycles. The van der Waals surface area contributed by atoms with Gasteiger partial charge in [0.25, 0.3) is 0 Å². The van der Waals surface area contributed by atoms with Crippen LogP contribution in [-0.2, 0) is 11.2 Å². The van der Waals surface area contributed by atoms with Crippen LogP contribution in [0.1, 0.15) is 5.56 Å². The number of carbonyl (C=O) groups excluding carboxylic acids is 1. The number of carbonyl (C=O) groups is 1. The molecule has 1 aromatic rings. The number of ether oxygens (including phenoxy) is 2. The first-order chi connectivity index (χ1) is 9.10. The predicted molar refractivity (Wildman–Crippen MR) is 69.4 cm³/mol. The quantitative estimate of drug-likeness (QED) is 0.633. The Morgan fingerprint density at radius 1 is 1.32 bits per heavy atom. The molecule has 6 nitrogen and oxygen atoms in total. The van der Waals surface area contributed by atoms with Gasteiger partial charge in [-0.25, -0.2) is 0 Å².